The van der Waals surface area contributed by atoms with E-state index in [9.17, 15) is 5.11 Å². The third-order valence-electron chi connectivity index (χ3n) is 3.98. The van der Waals surface area contributed by atoms with Gasteiger partial charge in [0.1, 0.15) is 5.75 Å². The maximum Gasteiger partial charge on any atom is 0.123 e. The number of halogens is 1. The number of fused-ring (bicyclic) bond motifs is 1. The summed E-state index contributed by atoms with van der Waals surface area (Å²) in [5.41, 5.74) is 4.31. The van der Waals surface area contributed by atoms with Gasteiger partial charge < -0.3 is 9.84 Å². The van der Waals surface area contributed by atoms with Crippen LogP contribution in [-0.2, 0) is 0 Å². The molecule has 1 N–H and O–H groups in total. The lowest BCUT2D eigenvalue weighted by atomic mass is 9.88. The summed E-state index contributed by atoms with van der Waals surface area (Å²) in [7, 11) is 0. The lowest BCUT2D eigenvalue weighted by molar-refractivity contribution is 0.129. The summed E-state index contributed by atoms with van der Waals surface area (Å²) in [6.07, 6.45) is -0.537. The average molecular weight is 333 g/mol. The molecule has 3 heteroatoms. The highest BCUT2D eigenvalue weighted by molar-refractivity contribution is 9.10. The summed E-state index contributed by atoms with van der Waals surface area (Å²) in [5.74, 6) is 0.897. The molecule has 0 amide bonds. The van der Waals surface area contributed by atoms with Crippen LogP contribution in [0.15, 0.2) is 40.9 Å². The minimum atomic E-state index is -0.537. The summed E-state index contributed by atoms with van der Waals surface area (Å²) in [6.45, 7) is 4.61. The molecule has 0 aromatic heterocycles. The molecule has 0 fully saturated rings. The maximum atomic E-state index is 10.8. The molecule has 2 aromatic rings. The zero-order valence-electron chi connectivity index (χ0n) is 11.6. The van der Waals surface area contributed by atoms with Gasteiger partial charge in [-0.25, -0.2) is 0 Å². The van der Waals surface area contributed by atoms with Crippen LogP contribution in [0, 0.1) is 13.8 Å². The summed E-state index contributed by atoms with van der Waals surface area (Å²) in [5, 5.41) is 10.8. The summed E-state index contributed by atoms with van der Waals surface area (Å²) in [4.78, 5) is 0. The topological polar surface area (TPSA) is 29.5 Å². The highest BCUT2D eigenvalue weighted by Crippen LogP contribution is 2.42. The highest BCUT2D eigenvalue weighted by atomic mass is 79.9. The molecule has 0 radical (unpaired) electrons. The van der Waals surface area contributed by atoms with Gasteiger partial charge in [0.2, 0.25) is 0 Å². The van der Waals surface area contributed by atoms with Crippen LogP contribution in [0.5, 0.6) is 5.75 Å². The molecule has 2 nitrogen and oxygen atoms in total. The minimum absolute atomic E-state index is 0.00507. The van der Waals surface area contributed by atoms with E-state index >= 15 is 0 Å². The van der Waals surface area contributed by atoms with Crippen molar-refractivity contribution < 1.29 is 9.84 Å². The molecule has 0 saturated heterocycles. The zero-order chi connectivity index (χ0) is 14.3. The van der Waals surface area contributed by atoms with E-state index in [2.05, 4.69) is 28.1 Å². The number of benzene rings is 2. The van der Waals surface area contributed by atoms with Crippen LogP contribution in [0.1, 0.15) is 34.3 Å². The first-order valence-corrected chi connectivity index (χ1v) is 7.53. The first-order chi connectivity index (χ1) is 9.58. The van der Waals surface area contributed by atoms with E-state index in [-0.39, 0.29) is 5.92 Å². The van der Waals surface area contributed by atoms with E-state index in [0.717, 1.165) is 32.5 Å². The Morgan fingerprint density at radius 3 is 2.75 bits per heavy atom. The molecular formula is C17H17BrO2. The van der Waals surface area contributed by atoms with Crippen LogP contribution < -0.4 is 4.74 Å². The predicted octanol–water partition coefficient (Wildman–Crippen LogP) is 4.28. The molecule has 20 heavy (non-hydrogen) atoms. The van der Waals surface area contributed by atoms with Crippen LogP contribution in [0.3, 0.4) is 0 Å². The fourth-order valence-electron chi connectivity index (χ4n) is 2.79. The third kappa shape index (κ3) is 2.25. The molecule has 2 atom stereocenters. The van der Waals surface area contributed by atoms with Crippen LogP contribution >= 0.6 is 15.9 Å². The molecule has 0 spiro atoms. The van der Waals surface area contributed by atoms with Gasteiger partial charge in [-0.2, -0.15) is 0 Å². The Bertz CT molecular complexity index is 651. The fraction of sp³-hybridized carbons (Fsp3) is 0.294. The van der Waals surface area contributed by atoms with Crippen molar-refractivity contribution in [1.29, 1.82) is 0 Å². The number of hydrogen-bond donors (Lipinski definition) is 1. The lowest BCUT2D eigenvalue weighted by Gasteiger charge is -2.20. The largest absolute Gasteiger partial charge is 0.493 e. The van der Waals surface area contributed by atoms with E-state index in [1.165, 1.54) is 0 Å². The van der Waals surface area contributed by atoms with E-state index in [1.54, 1.807) is 0 Å². The second-order valence-corrected chi connectivity index (χ2v) is 6.21. The second-order valence-electron chi connectivity index (χ2n) is 5.36. The average Bonchev–Trinajstić information content (AvgIpc) is 2.86. The van der Waals surface area contributed by atoms with Crippen molar-refractivity contribution in [2.75, 3.05) is 6.61 Å². The minimum Gasteiger partial charge on any atom is -0.493 e. The molecule has 1 heterocycles. The van der Waals surface area contributed by atoms with Crippen molar-refractivity contribution in [1.82, 2.24) is 0 Å². The van der Waals surface area contributed by atoms with Crippen LogP contribution in [0.4, 0.5) is 0 Å². The van der Waals surface area contributed by atoms with Gasteiger partial charge in [-0.15, -0.1) is 0 Å². The van der Waals surface area contributed by atoms with Crippen molar-refractivity contribution in [3.05, 3.63) is 63.1 Å². The van der Waals surface area contributed by atoms with Crippen molar-refractivity contribution in [2.45, 2.75) is 25.9 Å². The fourth-order valence-corrected chi connectivity index (χ4v) is 3.25. The second kappa shape index (κ2) is 5.23. The SMILES string of the molecule is Cc1cc(C(O)C2COc3ccccc32)c(C)cc1Br. The predicted molar refractivity (Wildman–Crippen MR) is 83.3 cm³/mol. The molecule has 104 valence electrons. The molecule has 0 bridgehead atoms. The molecule has 2 aromatic carbocycles. The number of para-hydroxylation sites is 1. The molecule has 0 aliphatic carbocycles. The molecule has 1 aliphatic heterocycles. The van der Waals surface area contributed by atoms with Crippen LogP contribution in [-0.4, -0.2) is 11.7 Å². The smallest absolute Gasteiger partial charge is 0.123 e. The number of aryl methyl sites for hydroxylation is 2. The number of rotatable bonds is 2. The highest BCUT2D eigenvalue weighted by Gasteiger charge is 2.31. The van der Waals surface area contributed by atoms with Gasteiger partial charge in [0.05, 0.1) is 18.6 Å². The van der Waals surface area contributed by atoms with Gasteiger partial charge in [-0.1, -0.05) is 40.2 Å². The number of aliphatic hydroxyl groups excluding tert-OH is 1. The monoisotopic (exact) mass is 332 g/mol. The van der Waals surface area contributed by atoms with E-state index in [4.69, 9.17) is 4.74 Å². The van der Waals surface area contributed by atoms with Gasteiger partial charge in [-0.3, -0.25) is 0 Å². The summed E-state index contributed by atoms with van der Waals surface area (Å²) in [6, 6.07) is 12.1. The Morgan fingerprint density at radius 2 is 1.95 bits per heavy atom. The summed E-state index contributed by atoms with van der Waals surface area (Å²) < 4.78 is 6.76. The Hall–Kier alpha value is -1.32. The van der Waals surface area contributed by atoms with E-state index in [0.29, 0.717) is 6.61 Å². The van der Waals surface area contributed by atoms with Gasteiger partial charge in [0.25, 0.3) is 0 Å². The van der Waals surface area contributed by atoms with Crippen molar-refractivity contribution >= 4 is 15.9 Å². The maximum absolute atomic E-state index is 10.8. The first kappa shape index (κ1) is 13.7. The number of ether oxygens (including phenoxy) is 1. The zero-order valence-corrected chi connectivity index (χ0v) is 13.1. The Kier molecular flexibility index (Phi) is 3.57. The molecular weight excluding hydrogens is 316 g/mol. The Morgan fingerprint density at radius 1 is 1.20 bits per heavy atom. The van der Waals surface area contributed by atoms with Gasteiger partial charge in [-0.05, 0) is 42.7 Å². The van der Waals surface area contributed by atoms with Crippen molar-refractivity contribution in [3.63, 3.8) is 0 Å². The van der Waals surface area contributed by atoms with Crippen LogP contribution in [0.2, 0.25) is 0 Å². The number of aliphatic hydroxyl groups is 1. The summed E-state index contributed by atoms with van der Waals surface area (Å²) >= 11 is 3.53. The third-order valence-corrected chi connectivity index (χ3v) is 4.84. The van der Waals surface area contributed by atoms with Gasteiger partial charge in [0, 0.05) is 10.0 Å². The normalized spacial score (nSPS) is 18.5. The first-order valence-electron chi connectivity index (χ1n) is 6.74. The molecule has 3 rings (SSSR count). The Balaban J connectivity index is 1.98. The van der Waals surface area contributed by atoms with E-state index < -0.39 is 6.10 Å². The van der Waals surface area contributed by atoms with Crippen molar-refractivity contribution in [2.24, 2.45) is 0 Å². The molecule has 0 saturated carbocycles. The van der Waals surface area contributed by atoms with Gasteiger partial charge >= 0.3 is 0 Å². The van der Waals surface area contributed by atoms with Gasteiger partial charge in [0.15, 0.2) is 0 Å². The van der Waals surface area contributed by atoms with Crippen LogP contribution in [0.25, 0.3) is 0 Å². The molecule has 2 unspecified atom stereocenters. The van der Waals surface area contributed by atoms with Crippen molar-refractivity contribution in [3.8, 4) is 5.75 Å². The lowest BCUT2D eigenvalue weighted by Crippen LogP contribution is -2.13. The molecule has 1 aliphatic rings. The Labute approximate surface area is 127 Å². The number of hydrogen-bond acceptors (Lipinski definition) is 2. The van der Waals surface area contributed by atoms with E-state index in [1.807, 2.05) is 38.1 Å². The quantitative estimate of drug-likeness (QED) is 0.889. The standard InChI is InChI=1S/C17H17BrO2/c1-10-8-15(18)11(2)7-13(10)17(19)14-9-20-16-6-4-3-5-12(14)16/h3-8,14,17,19H,9H2,1-2H3.